The van der Waals surface area contributed by atoms with Gasteiger partial charge in [0.1, 0.15) is 5.01 Å². The van der Waals surface area contributed by atoms with Gasteiger partial charge >= 0.3 is 0 Å². The lowest BCUT2D eigenvalue weighted by Gasteiger charge is -2.20. The molecule has 0 radical (unpaired) electrons. The molecule has 0 aromatic carbocycles. The highest BCUT2D eigenvalue weighted by Gasteiger charge is 2.17. The van der Waals surface area contributed by atoms with Crippen LogP contribution in [0.3, 0.4) is 0 Å². The zero-order valence-electron chi connectivity index (χ0n) is 12.2. The molecule has 0 bridgehead atoms. The lowest BCUT2D eigenvalue weighted by molar-refractivity contribution is 0.516. The zero-order valence-corrected chi connectivity index (χ0v) is 13.8. The maximum Gasteiger partial charge on any atom is 0.103 e. The van der Waals surface area contributed by atoms with Crippen molar-refractivity contribution in [2.75, 3.05) is 0 Å². The number of thiazole rings is 1. The summed E-state index contributed by atoms with van der Waals surface area (Å²) in [6.45, 7) is 4.28. The fraction of sp³-hybridized carbons (Fsp3) is 0.800. The van der Waals surface area contributed by atoms with Crippen molar-refractivity contribution in [3.8, 4) is 0 Å². The molecule has 1 aromatic heterocycles. The highest BCUT2D eigenvalue weighted by atomic mass is 32.2. The molecule has 2 N–H and O–H groups in total. The Labute approximate surface area is 125 Å². The van der Waals surface area contributed by atoms with Crippen molar-refractivity contribution in [1.82, 2.24) is 4.98 Å². The number of nitrogens with zero attached hydrogens (tertiary/aromatic N) is 1. The molecule has 2 nitrogen and oxygen atoms in total. The Hall–Kier alpha value is -0.0600. The van der Waals surface area contributed by atoms with Gasteiger partial charge in [0.25, 0.3) is 0 Å². The molecule has 0 saturated heterocycles. The van der Waals surface area contributed by atoms with Gasteiger partial charge in [-0.2, -0.15) is 11.8 Å². The Morgan fingerprint density at radius 3 is 2.74 bits per heavy atom. The molecular formula is C15H26N2S2. The third-order valence-corrected chi connectivity index (χ3v) is 6.53. The molecule has 4 heteroatoms. The van der Waals surface area contributed by atoms with Gasteiger partial charge in [-0.15, -0.1) is 11.3 Å². The number of aryl methyl sites for hydroxylation is 1. The molecule has 1 saturated carbocycles. The smallest absolute Gasteiger partial charge is 0.103 e. The first kappa shape index (κ1) is 15.3. The molecule has 1 atom stereocenters. The Kier molecular flexibility index (Phi) is 6.17. The van der Waals surface area contributed by atoms with Crippen LogP contribution in [0.1, 0.15) is 74.0 Å². The summed E-state index contributed by atoms with van der Waals surface area (Å²) in [6, 6.07) is 0.132. The summed E-state index contributed by atoms with van der Waals surface area (Å²) in [7, 11) is 0. The minimum atomic E-state index is 0.132. The van der Waals surface area contributed by atoms with E-state index in [2.05, 4.69) is 25.6 Å². The van der Waals surface area contributed by atoms with Gasteiger partial charge in [0.15, 0.2) is 0 Å². The van der Waals surface area contributed by atoms with Gasteiger partial charge in [0, 0.05) is 21.9 Å². The Balaban J connectivity index is 1.93. The summed E-state index contributed by atoms with van der Waals surface area (Å²) >= 11 is 3.95. The standard InChI is InChI=1S/C15H26N2S2/c1-3-7-13-15(11(2)16)19-14(17-13)10-18-12-8-5-4-6-9-12/h11-12H,3-10,16H2,1-2H3. The van der Waals surface area contributed by atoms with E-state index in [9.17, 15) is 0 Å². The molecule has 2 rings (SSSR count). The van der Waals surface area contributed by atoms with Crippen molar-refractivity contribution >= 4 is 23.1 Å². The van der Waals surface area contributed by atoms with Crippen LogP contribution in [0.15, 0.2) is 0 Å². The van der Waals surface area contributed by atoms with Crippen molar-refractivity contribution in [1.29, 1.82) is 0 Å². The summed E-state index contributed by atoms with van der Waals surface area (Å²) in [5.74, 6) is 1.08. The lowest BCUT2D eigenvalue weighted by Crippen LogP contribution is -2.08. The van der Waals surface area contributed by atoms with Crippen LogP contribution in [-0.4, -0.2) is 10.2 Å². The highest BCUT2D eigenvalue weighted by molar-refractivity contribution is 7.99. The average Bonchev–Trinajstić information content (AvgIpc) is 2.81. The Morgan fingerprint density at radius 1 is 1.37 bits per heavy atom. The number of hydrogen-bond donors (Lipinski definition) is 1. The van der Waals surface area contributed by atoms with Gasteiger partial charge in [-0.3, -0.25) is 0 Å². The van der Waals surface area contributed by atoms with Gasteiger partial charge in [-0.25, -0.2) is 4.98 Å². The number of aromatic nitrogens is 1. The SMILES string of the molecule is CCCc1nc(CSC2CCCCC2)sc1C(C)N. The Morgan fingerprint density at radius 2 is 2.11 bits per heavy atom. The molecule has 1 heterocycles. The average molecular weight is 299 g/mol. The van der Waals surface area contributed by atoms with E-state index in [1.807, 2.05) is 11.3 Å². The molecule has 0 aliphatic heterocycles. The van der Waals surface area contributed by atoms with Crippen LogP contribution in [0.5, 0.6) is 0 Å². The second-order valence-electron chi connectivity index (χ2n) is 5.53. The summed E-state index contributed by atoms with van der Waals surface area (Å²) in [6.07, 6.45) is 9.29. The monoisotopic (exact) mass is 298 g/mol. The van der Waals surface area contributed by atoms with E-state index in [-0.39, 0.29) is 6.04 Å². The van der Waals surface area contributed by atoms with Gasteiger partial charge in [0.05, 0.1) is 5.69 Å². The first-order valence-electron chi connectivity index (χ1n) is 7.56. The van der Waals surface area contributed by atoms with E-state index in [4.69, 9.17) is 10.7 Å². The quantitative estimate of drug-likeness (QED) is 0.828. The topological polar surface area (TPSA) is 38.9 Å². The largest absolute Gasteiger partial charge is 0.323 e. The molecule has 1 fully saturated rings. The lowest BCUT2D eigenvalue weighted by atomic mass is 10.0. The Bertz CT molecular complexity index is 381. The van der Waals surface area contributed by atoms with Crippen molar-refractivity contribution < 1.29 is 0 Å². The molecule has 1 aliphatic carbocycles. The summed E-state index contributed by atoms with van der Waals surface area (Å²) in [5.41, 5.74) is 7.31. The predicted molar refractivity (Wildman–Crippen MR) is 86.9 cm³/mol. The minimum absolute atomic E-state index is 0.132. The van der Waals surface area contributed by atoms with Crippen molar-refractivity contribution in [2.24, 2.45) is 5.73 Å². The van der Waals surface area contributed by atoms with E-state index in [0.717, 1.165) is 23.8 Å². The fourth-order valence-electron chi connectivity index (χ4n) is 2.67. The first-order valence-corrected chi connectivity index (χ1v) is 9.43. The van der Waals surface area contributed by atoms with Gasteiger partial charge in [0.2, 0.25) is 0 Å². The van der Waals surface area contributed by atoms with E-state index in [1.54, 1.807) is 0 Å². The van der Waals surface area contributed by atoms with Crippen LogP contribution in [-0.2, 0) is 12.2 Å². The third kappa shape index (κ3) is 4.47. The molecule has 0 amide bonds. The third-order valence-electron chi connectivity index (χ3n) is 3.67. The van der Waals surface area contributed by atoms with Gasteiger partial charge in [-0.05, 0) is 26.2 Å². The fourth-order valence-corrected chi connectivity index (χ4v) is 5.08. The van der Waals surface area contributed by atoms with Crippen molar-refractivity contribution in [3.63, 3.8) is 0 Å². The van der Waals surface area contributed by atoms with E-state index < -0.39 is 0 Å². The summed E-state index contributed by atoms with van der Waals surface area (Å²) < 4.78 is 0. The van der Waals surface area contributed by atoms with E-state index in [0.29, 0.717) is 0 Å². The van der Waals surface area contributed by atoms with E-state index >= 15 is 0 Å². The molecule has 1 aromatic rings. The minimum Gasteiger partial charge on any atom is -0.323 e. The van der Waals surface area contributed by atoms with E-state index in [1.165, 1.54) is 47.7 Å². The van der Waals surface area contributed by atoms with Gasteiger partial charge in [-0.1, -0.05) is 32.6 Å². The number of thioether (sulfide) groups is 1. The van der Waals surface area contributed by atoms with Crippen LogP contribution in [0.25, 0.3) is 0 Å². The normalized spacial score (nSPS) is 18.7. The predicted octanol–water partition coefficient (Wildman–Crippen LogP) is 4.68. The second-order valence-corrected chi connectivity index (χ2v) is 7.93. The van der Waals surface area contributed by atoms with Crippen LogP contribution in [0.4, 0.5) is 0 Å². The first-order chi connectivity index (χ1) is 9.20. The molecule has 108 valence electrons. The van der Waals surface area contributed by atoms with Crippen LogP contribution in [0, 0.1) is 0 Å². The maximum atomic E-state index is 6.06. The summed E-state index contributed by atoms with van der Waals surface area (Å²) in [4.78, 5) is 6.13. The van der Waals surface area contributed by atoms with Crippen LogP contribution >= 0.6 is 23.1 Å². The molecule has 1 unspecified atom stereocenters. The molecule has 0 spiro atoms. The molecule has 1 aliphatic rings. The highest BCUT2D eigenvalue weighted by Crippen LogP contribution is 2.33. The number of rotatable bonds is 6. The van der Waals surface area contributed by atoms with Crippen molar-refractivity contribution in [3.05, 3.63) is 15.6 Å². The van der Waals surface area contributed by atoms with Crippen LogP contribution in [0.2, 0.25) is 0 Å². The van der Waals surface area contributed by atoms with Crippen molar-refractivity contribution in [2.45, 2.75) is 75.8 Å². The maximum absolute atomic E-state index is 6.06. The van der Waals surface area contributed by atoms with Crippen LogP contribution < -0.4 is 5.73 Å². The second kappa shape index (κ2) is 7.65. The summed E-state index contributed by atoms with van der Waals surface area (Å²) in [5, 5.41) is 2.15. The van der Waals surface area contributed by atoms with Gasteiger partial charge < -0.3 is 5.73 Å². The molecule has 19 heavy (non-hydrogen) atoms. The zero-order chi connectivity index (χ0) is 13.7. The number of hydrogen-bond acceptors (Lipinski definition) is 4. The number of nitrogens with two attached hydrogens (primary N) is 1. The molecular weight excluding hydrogens is 272 g/mol.